The van der Waals surface area contributed by atoms with E-state index in [0.29, 0.717) is 29.3 Å². The summed E-state index contributed by atoms with van der Waals surface area (Å²) in [4.78, 5) is 11.8. The van der Waals surface area contributed by atoms with E-state index in [9.17, 15) is 4.79 Å². The summed E-state index contributed by atoms with van der Waals surface area (Å²) in [6.07, 6.45) is 2.31. The molecule has 1 fully saturated rings. The van der Waals surface area contributed by atoms with E-state index in [0.717, 1.165) is 29.5 Å². The maximum absolute atomic E-state index is 11.8. The Labute approximate surface area is 139 Å². The van der Waals surface area contributed by atoms with Gasteiger partial charge in [-0.1, -0.05) is 12.1 Å². The van der Waals surface area contributed by atoms with Gasteiger partial charge in [-0.2, -0.15) is 0 Å². The maximum atomic E-state index is 11.8. The van der Waals surface area contributed by atoms with Crippen molar-refractivity contribution in [3.8, 4) is 5.75 Å². The van der Waals surface area contributed by atoms with Crippen molar-refractivity contribution in [3.05, 3.63) is 57.3 Å². The standard InChI is InChI=1S/C19H19NO4/c1-11-12(2)18(21)23-16-8-13(4-5-15(11)16)22-10-14-9-17(20-24-14)19(3)6-7-19/h4-5,8-9H,6-7,10H2,1-3H3. The molecule has 5 nitrogen and oxygen atoms in total. The molecule has 2 heterocycles. The molecule has 124 valence electrons. The Morgan fingerprint density at radius 3 is 2.75 bits per heavy atom. The van der Waals surface area contributed by atoms with Crippen LogP contribution < -0.4 is 10.4 Å². The van der Waals surface area contributed by atoms with Gasteiger partial charge in [0, 0.05) is 28.5 Å². The topological polar surface area (TPSA) is 65.5 Å². The number of rotatable bonds is 4. The minimum atomic E-state index is -0.310. The molecule has 0 N–H and O–H groups in total. The number of nitrogens with zero attached hydrogens (tertiary/aromatic N) is 1. The molecule has 1 saturated carbocycles. The highest BCUT2D eigenvalue weighted by molar-refractivity contribution is 5.82. The molecule has 0 aliphatic heterocycles. The molecule has 3 aromatic rings. The van der Waals surface area contributed by atoms with E-state index < -0.39 is 0 Å². The summed E-state index contributed by atoms with van der Waals surface area (Å²) in [5.41, 5.74) is 2.98. The molecule has 0 unspecified atom stereocenters. The van der Waals surface area contributed by atoms with E-state index in [2.05, 4.69) is 12.1 Å². The first-order valence-electron chi connectivity index (χ1n) is 8.09. The van der Waals surface area contributed by atoms with Crippen LogP contribution in [0.2, 0.25) is 0 Å². The highest BCUT2D eigenvalue weighted by atomic mass is 16.5. The van der Waals surface area contributed by atoms with Gasteiger partial charge in [0.05, 0.1) is 5.69 Å². The molecule has 1 aliphatic carbocycles. The zero-order valence-corrected chi connectivity index (χ0v) is 14.0. The summed E-state index contributed by atoms with van der Waals surface area (Å²) in [5.74, 6) is 1.32. The molecule has 0 saturated heterocycles. The quantitative estimate of drug-likeness (QED) is 0.678. The van der Waals surface area contributed by atoms with Crippen molar-refractivity contribution in [2.45, 2.75) is 45.6 Å². The van der Waals surface area contributed by atoms with Crippen LogP contribution in [0.1, 0.15) is 42.3 Å². The second kappa shape index (κ2) is 5.23. The van der Waals surface area contributed by atoms with Gasteiger partial charge >= 0.3 is 5.63 Å². The van der Waals surface area contributed by atoms with Gasteiger partial charge in [-0.25, -0.2) is 4.79 Å². The van der Waals surface area contributed by atoms with E-state index in [1.54, 1.807) is 13.0 Å². The molecule has 0 bridgehead atoms. The van der Waals surface area contributed by atoms with E-state index in [-0.39, 0.29) is 11.0 Å². The van der Waals surface area contributed by atoms with Crippen LogP contribution in [0.4, 0.5) is 0 Å². The van der Waals surface area contributed by atoms with Gasteiger partial charge in [-0.05, 0) is 44.4 Å². The first-order chi connectivity index (χ1) is 11.5. The average Bonchev–Trinajstić information content (AvgIpc) is 3.13. The lowest BCUT2D eigenvalue weighted by Gasteiger charge is -2.07. The van der Waals surface area contributed by atoms with Gasteiger partial charge in [0.25, 0.3) is 0 Å². The highest BCUT2D eigenvalue weighted by Gasteiger charge is 2.41. The fourth-order valence-corrected chi connectivity index (χ4v) is 2.78. The normalized spacial score (nSPS) is 15.6. The fraction of sp³-hybridized carbons (Fsp3) is 0.368. The molecule has 1 aromatic carbocycles. The minimum absolute atomic E-state index is 0.184. The van der Waals surface area contributed by atoms with E-state index >= 15 is 0 Å². The Bertz CT molecular complexity index is 979. The van der Waals surface area contributed by atoms with Crippen LogP contribution in [0, 0.1) is 13.8 Å². The van der Waals surface area contributed by atoms with E-state index in [4.69, 9.17) is 13.7 Å². The van der Waals surface area contributed by atoms with Crippen LogP contribution in [0.3, 0.4) is 0 Å². The Morgan fingerprint density at radius 2 is 2.00 bits per heavy atom. The van der Waals surface area contributed by atoms with Crippen LogP contribution in [-0.2, 0) is 12.0 Å². The summed E-state index contributed by atoms with van der Waals surface area (Å²) in [5, 5.41) is 5.05. The summed E-state index contributed by atoms with van der Waals surface area (Å²) < 4.78 is 16.5. The second-order valence-corrected chi connectivity index (χ2v) is 6.83. The number of fused-ring (bicyclic) bond motifs is 1. The van der Waals surface area contributed by atoms with Crippen molar-refractivity contribution in [1.82, 2.24) is 5.16 Å². The van der Waals surface area contributed by atoms with Crippen LogP contribution in [-0.4, -0.2) is 5.16 Å². The van der Waals surface area contributed by atoms with Crippen molar-refractivity contribution < 1.29 is 13.7 Å². The third kappa shape index (κ3) is 2.50. The van der Waals surface area contributed by atoms with Crippen LogP contribution in [0.5, 0.6) is 5.75 Å². The highest BCUT2D eigenvalue weighted by Crippen LogP contribution is 2.47. The van der Waals surface area contributed by atoms with Gasteiger partial charge in [0.15, 0.2) is 5.76 Å². The van der Waals surface area contributed by atoms with Gasteiger partial charge in [-0.3, -0.25) is 0 Å². The number of hydrogen-bond donors (Lipinski definition) is 0. The molecule has 5 heteroatoms. The molecule has 0 spiro atoms. The molecule has 0 atom stereocenters. The van der Waals surface area contributed by atoms with Crippen molar-refractivity contribution in [1.29, 1.82) is 0 Å². The predicted molar refractivity (Wildman–Crippen MR) is 89.4 cm³/mol. The van der Waals surface area contributed by atoms with Gasteiger partial charge in [-0.15, -0.1) is 0 Å². The Hall–Kier alpha value is -2.56. The SMILES string of the molecule is Cc1c(C)c2ccc(OCc3cc(C4(C)CC4)no3)cc2oc1=O. The van der Waals surface area contributed by atoms with Gasteiger partial charge in [0.2, 0.25) is 0 Å². The zero-order valence-electron chi connectivity index (χ0n) is 14.0. The Balaban J connectivity index is 1.55. The number of aryl methyl sites for hydroxylation is 1. The van der Waals surface area contributed by atoms with Crippen LogP contribution in [0.15, 0.2) is 38.0 Å². The van der Waals surface area contributed by atoms with Crippen molar-refractivity contribution in [2.75, 3.05) is 0 Å². The lowest BCUT2D eigenvalue weighted by Crippen LogP contribution is -2.05. The van der Waals surface area contributed by atoms with E-state index in [1.165, 1.54) is 0 Å². The predicted octanol–water partition coefficient (Wildman–Crippen LogP) is 4.03. The number of hydrogen-bond acceptors (Lipinski definition) is 5. The smallest absolute Gasteiger partial charge is 0.339 e. The third-order valence-corrected chi connectivity index (χ3v) is 4.99. The Kier molecular flexibility index (Phi) is 3.27. The maximum Gasteiger partial charge on any atom is 0.339 e. The molecule has 0 radical (unpaired) electrons. The fourth-order valence-electron chi connectivity index (χ4n) is 2.78. The Morgan fingerprint density at radius 1 is 1.21 bits per heavy atom. The third-order valence-electron chi connectivity index (χ3n) is 4.99. The van der Waals surface area contributed by atoms with Crippen LogP contribution in [0.25, 0.3) is 11.0 Å². The average molecular weight is 325 g/mol. The first kappa shape index (κ1) is 15.0. The van der Waals surface area contributed by atoms with Crippen molar-refractivity contribution in [2.24, 2.45) is 0 Å². The largest absolute Gasteiger partial charge is 0.485 e. The van der Waals surface area contributed by atoms with Crippen molar-refractivity contribution in [3.63, 3.8) is 0 Å². The molecule has 0 amide bonds. The molecular formula is C19H19NO4. The summed E-state index contributed by atoms with van der Waals surface area (Å²) in [6, 6.07) is 7.48. The number of benzene rings is 1. The van der Waals surface area contributed by atoms with Gasteiger partial charge < -0.3 is 13.7 Å². The first-order valence-corrected chi connectivity index (χ1v) is 8.09. The second-order valence-electron chi connectivity index (χ2n) is 6.83. The van der Waals surface area contributed by atoms with Crippen molar-refractivity contribution >= 4 is 11.0 Å². The monoisotopic (exact) mass is 325 g/mol. The summed E-state index contributed by atoms with van der Waals surface area (Å²) in [7, 11) is 0. The molecular weight excluding hydrogens is 306 g/mol. The number of aromatic nitrogens is 1. The van der Waals surface area contributed by atoms with Gasteiger partial charge in [0.1, 0.15) is 17.9 Å². The molecule has 24 heavy (non-hydrogen) atoms. The lowest BCUT2D eigenvalue weighted by molar-refractivity contribution is 0.248. The van der Waals surface area contributed by atoms with E-state index in [1.807, 2.05) is 25.1 Å². The lowest BCUT2D eigenvalue weighted by atomic mass is 10.1. The zero-order chi connectivity index (χ0) is 16.9. The molecule has 1 aliphatic rings. The van der Waals surface area contributed by atoms with Crippen LogP contribution >= 0.6 is 0 Å². The number of ether oxygens (including phenoxy) is 1. The summed E-state index contributed by atoms with van der Waals surface area (Å²) >= 11 is 0. The summed E-state index contributed by atoms with van der Waals surface area (Å²) in [6.45, 7) is 6.17. The minimum Gasteiger partial charge on any atom is -0.485 e. The molecule has 4 rings (SSSR count). The molecule has 2 aromatic heterocycles.